The van der Waals surface area contributed by atoms with E-state index in [0.29, 0.717) is 12.6 Å². The summed E-state index contributed by atoms with van der Waals surface area (Å²) >= 11 is 0. The van der Waals surface area contributed by atoms with E-state index in [9.17, 15) is 4.79 Å². The van der Waals surface area contributed by atoms with Gasteiger partial charge in [-0.1, -0.05) is 30.3 Å². The number of benzene rings is 1. The van der Waals surface area contributed by atoms with Crippen LogP contribution in [0.15, 0.2) is 48.7 Å². The Kier molecular flexibility index (Phi) is 3.48. The molecule has 0 unspecified atom stereocenters. The average Bonchev–Trinajstić information content (AvgIpc) is 3.30. The molecule has 0 N–H and O–H groups in total. The number of amides is 1. The molecule has 1 aromatic heterocycles. The number of fused-ring (bicyclic) bond motifs is 2. The van der Waals surface area contributed by atoms with Crippen molar-refractivity contribution in [2.75, 3.05) is 13.1 Å². The average molecular weight is 335 g/mol. The molecule has 2 fully saturated rings. The van der Waals surface area contributed by atoms with Crippen molar-refractivity contribution in [1.29, 1.82) is 0 Å². The van der Waals surface area contributed by atoms with Gasteiger partial charge >= 0.3 is 6.09 Å². The van der Waals surface area contributed by atoms with Gasteiger partial charge in [-0.15, -0.1) is 0 Å². The highest BCUT2D eigenvalue weighted by Crippen LogP contribution is 2.33. The minimum atomic E-state index is -0.199. The fraction of sp³-hybridized carbons (Fsp3) is 0.400. The van der Waals surface area contributed by atoms with E-state index in [2.05, 4.69) is 34.1 Å². The summed E-state index contributed by atoms with van der Waals surface area (Å²) in [6, 6.07) is 15.2. The molecule has 128 valence electrons. The second kappa shape index (κ2) is 5.85. The normalized spacial score (nSPS) is 25.9. The molecule has 2 saturated heterocycles. The molecule has 1 aromatic carbocycles. The fourth-order valence-electron chi connectivity index (χ4n) is 4.47. The monoisotopic (exact) mass is 335 g/mol. The zero-order valence-electron chi connectivity index (χ0n) is 14.0. The molecule has 1 aliphatic carbocycles. The third-order valence-electron chi connectivity index (χ3n) is 5.76. The lowest BCUT2D eigenvalue weighted by molar-refractivity contribution is 0.112. The van der Waals surface area contributed by atoms with Gasteiger partial charge in [0, 0.05) is 25.3 Å². The summed E-state index contributed by atoms with van der Waals surface area (Å²) in [4.78, 5) is 21.0. The van der Waals surface area contributed by atoms with Crippen molar-refractivity contribution in [2.24, 2.45) is 0 Å². The second-order valence-corrected chi connectivity index (χ2v) is 7.22. The number of likely N-dealkylation sites (tertiary alicyclic amines) is 1. The summed E-state index contributed by atoms with van der Waals surface area (Å²) in [5.74, 6) is 0. The molecule has 0 bridgehead atoms. The highest BCUT2D eigenvalue weighted by Gasteiger charge is 2.49. The van der Waals surface area contributed by atoms with Crippen LogP contribution in [0.25, 0.3) is 0 Å². The van der Waals surface area contributed by atoms with Gasteiger partial charge in [0.15, 0.2) is 0 Å². The van der Waals surface area contributed by atoms with Crippen LogP contribution in [0.4, 0.5) is 4.79 Å². The first-order valence-corrected chi connectivity index (χ1v) is 8.96. The summed E-state index contributed by atoms with van der Waals surface area (Å²) in [6.07, 6.45) is 3.76. The minimum absolute atomic E-state index is 0.0140. The third kappa shape index (κ3) is 2.59. The van der Waals surface area contributed by atoms with Crippen LogP contribution in [0.2, 0.25) is 0 Å². The first-order chi connectivity index (χ1) is 12.3. The van der Waals surface area contributed by atoms with Crippen molar-refractivity contribution in [3.8, 4) is 0 Å². The molecule has 3 aliphatic rings. The van der Waals surface area contributed by atoms with E-state index in [1.807, 2.05) is 23.1 Å². The maximum Gasteiger partial charge on any atom is 0.410 e. The molecule has 2 aromatic rings. The van der Waals surface area contributed by atoms with Crippen LogP contribution in [0, 0.1) is 0 Å². The quantitative estimate of drug-likeness (QED) is 0.863. The van der Waals surface area contributed by atoms with Crippen LogP contribution in [-0.2, 0) is 24.1 Å². The first kappa shape index (κ1) is 14.9. The molecule has 3 heterocycles. The van der Waals surface area contributed by atoms with Gasteiger partial charge in [0.05, 0.1) is 18.3 Å². The molecule has 25 heavy (non-hydrogen) atoms. The number of nitrogens with zero attached hydrogens (tertiary/aromatic N) is 3. The van der Waals surface area contributed by atoms with Crippen molar-refractivity contribution >= 4 is 6.09 Å². The number of hydrogen-bond acceptors (Lipinski definition) is 4. The lowest BCUT2D eigenvalue weighted by atomic mass is 10.1. The van der Waals surface area contributed by atoms with E-state index in [4.69, 9.17) is 4.74 Å². The first-order valence-electron chi connectivity index (χ1n) is 8.96. The lowest BCUT2D eigenvalue weighted by Gasteiger charge is -2.26. The zero-order chi connectivity index (χ0) is 16.8. The third-order valence-corrected chi connectivity index (χ3v) is 5.76. The number of aromatic nitrogens is 1. The van der Waals surface area contributed by atoms with Gasteiger partial charge in [-0.05, 0) is 36.1 Å². The molecule has 0 spiro atoms. The standard InChI is InChI=1S/C20H21N3O2/c24-20-23(11-16-7-3-4-8-21-16)18-12-22(13-19(18)25-20)17-9-14-5-1-2-6-15(14)10-17/h1-8,17-19H,9-13H2/t18-,19+/m0/s1. The predicted molar refractivity (Wildman–Crippen MR) is 93.0 cm³/mol. The Morgan fingerprint density at radius 1 is 1.04 bits per heavy atom. The van der Waals surface area contributed by atoms with E-state index < -0.39 is 0 Å². The van der Waals surface area contributed by atoms with Gasteiger partial charge in [0.1, 0.15) is 6.10 Å². The highest BCUT2D eigenvalue weighted by atomic mass is 16.6. The van der Waals surface area contributed by atoms with Crippen LogP contribution < -0.4 is 0 Å². The van der Waals surface area contributed by atoms with Gasteiger partial charge in [-0.25, -0.2) is 4.79 Å². The second-order valence-electron chi connectivity index (χ2n) is 7.22. The van der Waals surface area contributed by atoms with Crippen molar-refractivity contribution in [3.63, 3.8) is 0 Å². The lowest BCUT2D eigenvalue weighted by Crippen LogP contribution is -2.40. The number of carbonyl (C=O) groups is 1. The Labute approximate surface area is 147 Å². The molecule has 1 amide bonds. The summed E-state index contributed by atoms with van der Waals surface area (Å²) in [5.41, 5.74) is 3.84. The van der Waals surface area contributed by atoms with E-state index in [1.165, 1.54) is 11.1 Å². The molecule has 0 saturated carbocycles. The molecule has 5 heteroatoms. The topological polar surface area (TPSA) is 45.7 Å². The van der Waals surface area contributed by atoms with Crippen LogP contribution in [-0.4, -0.2) is 52.2 Å². The highest BCUT2D eigenvalue weighted by molar-refractivity contribution is 5.71. The molecule has 5 nitrogen and oxygen atoms in total. The van der Waals surface area contributed by atoms with Gasteiger partial charge in [-0.2, -0.15) is 0 Å². The maximum absolute atomic E-state index is 12.3. The van der Waals surface area contributed by atoms with E-state index in [0.717, 1.165) is 31.6 Å². The van der Waals surface area contributed by atoms with E-state index in [1.54, 1.807) is 6.20 Å². The largest absolute Gasteiger partial charge is 0.442 e. The maximum atomic E-state index is 12.3. The molecular weight excluding hydrogens is 314 g/mol. The summed E-state index contributed by atoms with van der Waals surface area (Å²) in [5, 5.41) is 0. The Hall–Kier alpha value is -2.40. The Morgan fingerprint density at radius 2 is 1.80 bits per heavy atom. The Bertz CT molecular complexity index is 770. The zero-order valence-corrected chi connectivity index (χ0v) is 14.0. The fourth-order valence-corrected chi connectivity index (χ4v) is 4.47. The Morgan fingerprint density at radius 3 is 2.52 bits per heavy atom. The van der Waals surface area contributed by atoms with Crippen molar-refractivity contribution in [3.05, 3.63) is 65.5 Å². The number of hydrogen-bond donors (Lipinski definition) is 0. The minimum Gasteiger partial charge on any atom is -0.442 e. The van der Waals surface area contributed by atoms with Gasteiger partial charge in [0.25, 0.3) is 0 Å². The molecular formula is C20H21N3O2. The summed E-state index contributed by atoms with van der Waals surface area (Å²) < 4.78 is 5.65. The van der Waals surface area contributed by atoms with E-state index in [-0.39, 0.29) is 18.2 Å². The summed E-state index contributed by atoms with van der Waals surface area (Å²) in [6.45, 7) is 2.26. The molecule has 0 radical (unpaired) electrons. The molecule has 2 aliphatic heterocycles. The van der Waals surface area contributed by atoms with Gasteiger partial charge in [0.2, 0.25) is 0 Å². The number of pyridine rings is 1. The SMILES string of the molecule is O=C1O[C@@H]2CN(C3Cc4ccccc4C3)C[C@@H]2N1Cc1ccccn1. The number of carbonyl (C=O) groups excluding carboxylic acids is 1. The van der Waals surface area contributed by atoms with Gasteiger partial charge < -0.3 is 4.74 Å². The summed E-state index contributed by atoms with van der Waals surface area (Å²) in [7, 11) is 0. The van der Waals surface area contributed by atoms with Crippen LogP contribution in [0.1, 0.15) is 16.8 Å². The van der Waals surface area contributed by atoms with Crippen molar-refractivity contribution in [2.45, 2.75) is 37.6 Å². The van der Waals surface area contributed by atoms with Crippen molar-refractivity contribution < 1.29 is 9.53 Å². The predicted octanol–water partition coefficient (Wildman–Crippen LogP) is 2.25. The van der Waals surface area contributed by atoms with Crippen LogP contribution in [0.3, 0.4) is 0 Å². The number of rotatable bonds is 3. The molecule has 5 rings (SSSR count). The van der Waals surface area contributed by atoms with Crippen LogP contribution >= 0.6 is 0 Å². The van der Waals surface area contributed by atoms with E-state index >= 15 is 0 Å². The van der Waals surface area contributed by atoms with Crippen LogP contribution in [0.5, 0.6) is 0 Å². The molecule has 2 atom stereocenters. The Balaban J connectivity index is 1.29. The number of ether oxygens (including phenoxy) is 1. The van der Waals surface area contributed by atoms with Crippen molar-refractivity contribution in [1.82, 2.24) is 14.8 Å². The smallest absolute Gasteiger partial charge is 0.410 e. The van der Waals surface area contributed by atoms with Gasteiger partial charge in [-0.3, -0.25) is 14.8 Å².